The van der Waals surface area contributed by atoms with Crippen molar-refractivity contribution < 1.29 is 4.79 Å². The van der Waals surface area contributed by atoms with Gasteiger partial charge in [0.15, 0.2) is 0 Å². The SMILES string of the molecule is CC(=O)N1C[C@H]2C=C[C@@H](c3ccccc3)N3C[C@@]23C1. The predicted molar refractivity (Wildman–Crippen MR) is 73.5 cm³/mol. The smallest absolute Gasteiger partial charge is 0.219 e. The van der Waals surface area contributed by atoms with Crippen molar-refractivity contribution >= 4 is 5.91 Å². The topological polar surface area (TPSA) is 23.3 Å². The van der Waals surface area contributed by atoms with Crippen molar-refractivity contribution in [1.82, 2.24) is 9.80 Å². The van der Waals surface area contributed by atoms with Crippen LogP contribution in [0.25, 0.3) is 0 Å². The summed E-state index contributed by atoms with van der Waals surface area (Å²) in [5.41, 5.74) is 1.59. The van der Waals surface area contributed by atoms with Crippen LogP contribution in [0.4, 0.5) is 0 Å². The molecule has 2 saturated heterocycles. The van der Waals surface area contributed by atoms with E-state index in [0.717, 1.165) is 19.6 Å². The van der Waals surface area contributed by atoms with Gasteiger partial charge < -0.3 is 4.90 Å². The predicted octanol–water partition coefficient (Wildman–Crippen LogP) is 1.83. The first kappa shape index (κ1) is 11.2. The number of likely N-dealkylation sites (tertiary alicyclic amines) is 1. The molecule has 0 aliphatic carbocycles. The number of rotatable bonds is 1. The molecule has 0 N–H and O–H groups in total. The van der Waals surface area contributed by atoms with Crippen LogP contribution in [0.1, 0.15) is 18.5 Å². The van der Waals surface area contributed by atoms with Crippen LogP contribution in [0.15, 0.2) is 42.5 Å². The van der Waals surface area contributed by atoms with Gasteiger partial charge in [-0.2, -0.15) is 0 Å². The number of carbonyl (C=O) groups excluding carboxylic acids is 1. The van der Waals surface area contributed by atoms with E-state index in [4.69, 9.17) is 0 Å². The summed E-state index contributed by atoms with van der Waals surface area (Å²) in [5, 5.41) is 0. The van der Waals surface area contributed by atoms with Crippen LogP contribution in [0.2, 0.25) is 0 Å². The van der Waals surface area contributed by atoms with Crippen LogP contribution < -0.4 is 0 Å². The molecular weight excluding hydrogens is 236 g/mol. The van der Waals surface area contributed by atoms with Gasteiger partial charge in [0, 0.05) is 32.5 Å². The second kappa shape index (κ2) is 3.70. The molecule has 0 bridgehead atoms. The Balaban J connectivity index is 1.63. The molecule has 4 rings (SSSR count). The van der Waals surface area contributed by atoms with Crippen molar-refractivity contribution in [1.29, 1.82) is 0 Å². The van der Waals surface area contributed by atoms with Crippen LogP contribution in [0.3, 0.4) is 0 Å². The number of amides is 1. The van der Waals surface area contributed by atoms with Gasteiger partial charge >= 0.3 is 0 Å². The molecule has 1 aromatic carbocycles. The zero-order chi connectivity index (χ0) is 13.0. The molecule has 1 spiro atoms. The van der Waals surface area contributed by atoms with Crippen LogP contribution in [0.5, 0.6) is 0 Å². The summed E-state index contributed by atoms with van der Waals surface area (Å²) < 4.78 is 0. The van der Waals surface area contributed by atoms with E-state index in [1.165, 1.54) is 5.56 Å². The number of carbonyl (C=O) groups is 1. The Bertz CT molecular complexity index is 553. The lowest BCUT2D eigenvalue weighted by molar-refractivity contribution is -0.127. The van der Waals surface area contributed by atoms with Gasteiger partial charge in [0.2, 0.25) is 5.91 Å². The van der Waals surface area contributed by atoms with E-state index < -0.39 is 0 Å². The highest BCUT2D eigenvalue weighted by atomic mass is 16.2. The van der Waals surface area contributed by atoms with Crippen LogP contribution in [-0.4, -0.2) is 40.9 Å². The van der Waals surface area contributed by atoms with Gasteiger partial charge in [0.05, 0.1) is 11.6 Å². The van der Waals surface area contributed by atoms with Crippen molar-refractivity contribution in [2.45, 2.75) is 18.5 Å². The average Bonchev–Trinajstić information content (AvgIpc) is 3.02. The summed E-state index contributed by atoms with van der Waals surface area (Å²) in [4.78, 5) is 16.1. The van der Waals surface area contributed by atoms with E-state index in [-0.39, 0.29) is 11.4 Å². The number of hydrogen-bond donors (Lipinski definition) is 0. The molecular formula is C16H18N2O. The minimum Gasteiger partial charge on any atom is -0.340 e. The largest absolute Gasteiger partial charge is 0.340 e. The van der Waals surface area contributed by atoms with Gasteiger partial charge in [-0.15, -0.1) is 0 Å². The van der Waals surface area contributed by atoms with Gasteiger partial charge in [0.1, 0.15) is 0 Å². The molecule has 1 aromatic rings. The Morgan fingerprint density at radius 1 is 1.21 bits per heavy atom. The van der Waals surface area contributed by atoms with Crippen molar-refractivity contribution in [2.24, 2.45) is 5.92 Å². The summed E-state index contributed by atoms with van der Waals surface area (Å²) >= 11 is 0. The fraction of sp³-hybridized carbons (Fsp3) is 0.438. The summed E-state index contributed by atoms with van der Waals surface area (Å²) in [7, 11) is 0. The maximum atomic E-state index is 11.6. The van der Waals surface area contributed by atoms with E-state index in [0.29, 0.717) is 12.0 Å². The molecule has 3 aliphatic heterocycles. The van der Waals surface area contributed by atoms with Gasteiger partial charge in [-0.05, 0) is 5.56 Å². The highest BCUT2D eigenvalue weighted by Crippen LogP contribution is 2.53. The molecule has 19 heavy (non-hydrogen) atoms. The van der Waals surface area contributed by atoms with Crippen molar-refractivity contribution in [3.63, 3.8) is 0 Å². The third-order valence-electron chi connectivity index (χ3n) is 4.93. The lowest BCUT2D eigenvalue weighted by Gasteiger charge is -2.27. The summed E-state index contributed by atoms with van der Waals surface area (Å²) in [6.45, 7) is 4.59. The molecule has 4 atom stereocenters. The first-order chi connectivity index (χ1) is 9.21. The zero-order valence-electron chi connectivity index (χ0n) is 11.1. The monoisotopic (exact) mass is 254 g/mol. The summed E-state index contributed by atoms with van der Waals surface area (Å²) in [6, 6.07) is 11.0. The second-order valence-electron chi connectivity index (χ2n) is 5.98. The highest BCUT2D eigenvalue weighted by molar-refractivity contribution is 5.74. The quantitative estimate of drug-likeness (QED) is 0.564. The Morgan fingerprint density at radius 3 is 2.74 bits per heavy atom. The minimum absolute atomic E-state index is 0.209. The highest BCUT2D eigenvalue weighted by Gasteiger charge is 2.64. The minimum atomic E-state index is 0.209. The third kappa shape index (κ3) is 1.51. The van der Waals surface area contributed by atoms with Crippen LogP contribution in [0, 0.1) is 5.92 Å². The fourth-order valence-electron chi connectivity index (χ4n) is 3.79. The Morgan fingerprint density at radius 2 is 2.00 bits per heavy atom. The normalized spacial score (nSPS) is 38.8. The maximum absolute atomic E-state index is 11.6. The average molecular weight is 254 g/mol. The molecule has 2 fully saturated rings. The third-order valence-corrected chi connectivity index (χ3v) is 4.93. The Kier molecular flexibility index (Phi) is 2.19. The van der Waals surface area contributed by atoms with E-state index in [1.54, 1.807) is 6.92 Å². The van der Waals surface area contributed by atoms with Gasteiger partial charge in [-0.25, -0.2) is 0 Å². The van der Waals surface area contributed by atoms with E-state index >= 15 is 0 Å². The van der Waals surface area contributed by atoms with E-state index in [1.807, 2.05) is 4.90 Å². The lowest BCUT2D eigenvalue weighted by atomic mass is 9.90. The maximum Gasteiger partial charge on any atom is 0.219 e. The van der Waals surface area contributed by atoms with Gasteiger partial charge in [-0.3, -0.25) is 9.69 Å². The van der Waals surface area contributed by atoms with Crippen molar-refractivity contribution in [3.05, 3.63) is 48.0 Å². The van der Waals surface area contributed by atoms with Crippen LogP contribution >= 0.6 is 0 Å². The molecule has 0 aromatic heterocycles. The molecule has 1 amide bonds. The number of hydrogen-bond acceptors (Lipinski definition) is 2. The first-order valence-corrected chi connectivity index (χ1v) is 6.96. The molecule has 3 aliphatic rings. The van der Waals surface area contributed by atoms with Gasteiger partial charge in [0.25, 0.3) is 0 Å². The standard InChI is InChI=1S/C16H18N2O/c1-12(19)17-9-14-7-8-15(13-5-3-2-4-6-13)18-11-16(14,18)10-17/h2-8,14-15H,9-11H2,1H3/t14-,15+,16+,18?/m1/s1. The number of nitrogens with zero attached hydrogens (tertiary/aromatic N) is 2. The van der Waals surface area contributed by atoms with Crippen LogP contribution in [-0.2, 0) is 4.79 Å². The van der Waals surface area contributed by atoms with Crippen molar-refractivity contribution in [3.8, 4) is 0 Å². The summed E-state index contributed by atoms with van der Waals surface area (Å²) in [6.07, 6.45) is 4.65. The Labute approximate surface area is 113 Å². The molecule has 3 heteroatoms. The molecule has 3 heterocycles. The molecule has 98 valence electrons. The molecule has 0 saturated carbocycles. The van der Waals surface area contributed by atoms with E-state index in [9.17, 15) is 4.79 Å². The number of benzene rings is 1. The molecule has 3 nitrogen and oxygen atoms in total. The van der Waals surface area contributed by atoms with Crippen molar-refractivity contribution in [2.75, 3.05) is 19.6 Å². The lowest BCUT2D eigenvalue weighted by Crippen LogP contribution is -2.33. The fourth-order valence-corrected chi connectivity index (χ4v) is 3.79. The molecule has 1 unspecified atom stereocenters. The second-order valence-corrected chi connectivity index (χ2v) is 5.98. The summed E-state index contributed by atoms with van der Waals surface area (Å²) in [5.74, 6) is 0.733. The molecule has 0 radical (unpaired) electrons. The first-order valence-electron chi connectivity index (χ1n) is 6.96. The zero-order valence-corrected chi connectivity index (χ0v) is 11.1. The van der Waals surface area contributed by atoms with Gasteiger partial charge in [-0.1, -0.05) is 42.5 Å². The Hall–Kier alpha value is -1.61. The van der Waals surface area contributed by atoms with E-state index in [2.05, 4.69) is 47.4 Å².